The highest BCUT2D eigenvalue weighted by Gasteiger charge is 2.26. The summed E-state index contributed by atoms with van der Waals surface area (Å²) in [6.45, 7) is 9.40. The molecule has 0 radical (unpaired) electrons. The Balaban J connectivity index is 0.00000684. The molecule has 4 N–H and O–H groups in total. The largest absolute Gasteiger partial charge is 0.493 e. The molecule has 0 fully saturated rings. The number of halogens is 1. The van der Waals surface area contributed by atoms with Crippen LogP contribution in [0.3, 0.4) is 0 Å². The Bertz CT molecular complexity index is 913. The van der Waals surface area contributed by atoms with Crippen LogP contribution >= 0.6 is 12.4 Å². The first-order valence-corrected chi connectivity index (χ1v) is 13.1. The molecule has 4 atom stereocenters. The number of nitrogens with zero attached hydrogens (tertiary/aromatic N) is 1. The van der Waals surface area contributed by atoms with Gasteiger partial charge in [0.15, 0.2) is 11.5 Å². The summed E-state index contributed by atoms with van der Waals surface area (Å²) in [5.41, 5.74) is 8.60. The molecule has 8 heteroatoms. The number of nitrogens with two attached hydrogens (primary N) is 1. The summed E-state index contributed by atoms with van der Waals surface area (Å²) in [5, 5.41) is 13.7. The van der Waals surface area contributed by atoms with Crippen LogP contribution in [0.1, 0.15) is 64.5 Å². The Morgan fingerprint density at radius 2 is 1.78 bits per heavy atom. The Morgan fingerprint density at radius 3 is 2.41 bits per heavy atom. The summed E-state index contributed by atoms with van der Waals surface area (Å²) in [7, 11) is 1.64. The summed E-state index contributed by atoms with van der Waals surface area (Å²) in [4.78, 5) is 16.3. The van der Waals surface area contributed by atoms with Crippen LogP contribution in [-0.4, -0.2) is 41.8 Å². The van der Waals surface area contributed by atoms with Crippen molar-refractivity contribution in [2.75, 3.05) is 13.7 Å². The van der Waals surface area contributed by atoms with Crippen molar-refractivity contribution in [3.63, 3.8) is 0 Å². The molecule has 2 aromatic rings. The number of nitrogens with one attached hydrogen (secondary N) is 1. The summed E-state index contributed by atoms with van der Waals surface area (Å²) < 4.78 is 11.6. The Hall–Kier alpha value is -2.35. The molecular formula is C29H46ClN3O4. The maximum atomic E-state index is 12.3. The predicted molar refractivity (Wildman–Crippen MR) is 151 cm³/mol. The fourth-order valence-electron chi connectivity index (χ4n) is 4.21. The van der Waals surface area contributed by atoms with E-state index in [-0.39, 0.29) is 30.2 Å². The van der Waals surface area contributed by atoms with E-state index in [1.54, 1.807) is 19.5 Å². The predicted octanol–water partition coefficient (Wildman–Crippen LogP) is 4.93. The molecule has 1 amide bonds. The molecule has 0 saturated carbocycles. The average molecular weight is 536 g/mol. The number of amides is 1. The van der Waals surface area contributed by atoms with Gasteiger partial charge in [0.1, 0.15) is 6.61 Å². The van der Waals surface area contributed by atoms with E-state index in [1.165, 1.54) is 0 Å². The van der Waals surface area contributed by atoms with Crippen LogP contribution in [-0.2, 0) is 17.8 Å². The number of aliphatic hydroxyl groups is 1. The summed E-state index contributed by atoms with van der Waals surface area (Å²) in [6, 6.07) is 9.46. The highest BCUT2D eigenvalue weighted by atomic mass is 35.5. The normalized spacial score (nSPS) is 14.3. The summed E-state index contributed by atoms with van der Waals surface area (Å²) in [5.74, 6) is 1.73. The van der Waals surface area contributed by atoms with Gasteiger partial charge in [-0.25, -0.2) is 0 Å². The van der Waals surface area contributed by atoms with E-state index >= 15 is 0 Å². The maximum Gasteiger partial charge on any atom is 0.222 e. The number of rotatable bonds is 16. The molecule has 0 bridgehead atoms. The number of ether oxygens (including phenoxy) is 2. The quantitative estimate of drug-likeness (QED) is 0.263. The van der Waals surface area contributed by atoms with Gasteiger partial charge in [0.05, 0.1) is 13.2 Å². The fraction of sp³-hybridized carbons (Fsp3) is 0.586. The van der Waals surface area contributed by atoms with Gasteiger partial charge in [-0.2, -0.15) is 0 Å². The number of carbonyl (C=O) groups is 1. The fourth-order valence-corrected chi connectivity index (χ4v) is 4.21. The Kier molecular flexibility index (Phi) is 15.2. The molecule has 0 aliphatic rings. The van der Waals surface area contributed by atoms with Crippen molar-refractivity contribution in [1.82, 2.24) is 10.3 Å². The molecular weight excluding hydrogens is 490 g/mol. The Morgan fingerprint density at radius 1 is 1.08 bits per heavy atom. The number of hydrogen-bond acceptors (Lipinski definition) is 6. The van der Waals surface area contributed by atoms with Gasteiger partial charge in [-0.15, -0.1) is 12.4 Å². The van der Waals surface area contributed by atoms with Gasteiger partial charge < -0.3 is 25.6 Å². The van der Waals surface area contributed by atoms with Gasteiger partial charge in [-0.1, -0.05) is 40.2 Å². The van der Waals surface area contributed by atoms with Crippen LogP contribution in [0.15, 0.2) is 42.7 Å². The van der Waals surface area contributed by atoms with Crippen LogP contribution in [0.25, 0.3) is 0 Å². The third-order valence-electron chi connectivity index (χ3n) is 6.75. The Labute approximate surface area is 229 Å². The lowest BCUT2D eigenvalue weighted by atomic mass is 9.82. The lowest BCUT2D eigenvalue weighted by molar-refractivity contribution is -0.125. The molecule has 0 unspecified atom stereocenters. The molecule has 1 aromatic heterocycles. The smallest absolute Gasteiger partial charge is 0.222 e. The topological polar surface area (TPSA) is 107 Å². The number of aromatic nitrogens is 1. The van der Waals surface area contributed by atoms with Gasteiger partial charge in [0.2, 0.25) is 5.91 Å². The number of benzene rings is 1. The number of hydrogen-bond donors (Lipinski definition) is 3. The molecule has 7 nitrogen and oxygen atoms in total. The van der Waals surface area contributed by atoms with Crippen LogP contribution in [0.2, 0.25) is 0 Å². The van der Waals surface area contributed by atoms with E-state index in [0.29, 0.717) is 43.4 Å². The lowest BCUT2D eigenvalue weighted by Gasteiger charge is -2.28. The molecule has 0 saturated heterocycles. The van der Waals surface area contributed by atoms with E-state index in [4.69, 9.17) is 15.2 Å². The second-order valence-corrected chi connectivity index (χ2v) is 10.1. The molecule has 37 heavy (non-hydrogen) atoms. The van der Waals surface area contributed by atoms with E-state index in [0.717, 1.165) is 30.4 Å². The maximum absolute atomic E-state index is 12.3. The third-order valence-corrected chi connectivity index (χ3v) is 6.75. The highest BCUT2D eigenvalue weighted by molar-refractivity contribution is 5.85. The first-order chi connectivity index (χ1) is 17.2. The number of aliphatic hydroxyl groups excluding tert-OH is 1. The molecule has 208 valence electrons. The zero-order valence-electron chi connectivity index (χ0n) is 23.0. The lowest BCUT2D eigenvalue weighted by Crippen LogP contribution is -2.41. The zero-order valence-corrected chi connectivity index (χ0v) is 23.8. The molecule has 2 rings (SSSR count). The van der Waals surface area contributed by atoms with Gasteiger partial charge in [0, 0.05) is 30.9 Å². The van der Waals surface area contributed by atoms with E-state index in [1.807, 2.05) is 31.2 Å². The van der Waals surface area contributed by atoms with E-state index < -0.39 is 12.1 Å². The molecule has 0 aliphatic heterocycles. The van der Waals surface area contributed by atoms with Crippen molar-refractivity contribution in [1.29, 1.82) is 0 Å². The average Bonchev–Trinajstić information content (AvgIpc) is 2.87. The van der Waals surface area contributed by atoms with Gasteiger partial charge in [-0.05, 0) is 72.9 Å². The summed E-state index contributed by atoms with van der Waals surface area (Å²) >= 11 is 0. The molecule has 0 aliphatic carbocycles. The first kappa shape index (κ1) is 32.7. The van der Waals surface area contributed by atoms with Crippen LogP contribution in [0, 0.1) is 17.8 Å². The second-order valence-electron chi connectivity index (χ2n) is 10.1. The minimum atomic E-state index is -0.728. The van der Waals surface area contributed by atoms with Gasteiger partial charge >= 0.3 is 0 Å². The van der Waals surface area contributed by atoms with Crippen molar-refractivity contribution in [2.24, 2.45) is 23.5 Å². The number of pyridine rings is 1. The van der Waals surface area contributed by atoms with E-state index in [2.05, 4.69) is 37.1 Å². The minimum Gasteiger partial charge on any atom is -0.493 e. The van der Waals surface area contributed by atoms with Crippen LogP contribution in [0.4, 0.5) is 0 Å². The molecule has 1 aromatic carbocycles. The SMILES string of the molecule is CCCCNC(=O)[C@H](C)C[C@H](O)[C@@H](N)C[C@H](Cc1ccc(OC)c(OCc2ccncc2)c1)C(C)C.Cl. The first-order valence-electron chi connectivity index (χ1n) is 13.1. The minimum absolute atomic E-state index is 0. The number of carbonyl (C=O) groups excluding carboxylic acids is 1. The van der Waals surface area contributed by atoms with Crippen molar-refractivity contribution in [3.05, 3.63) is 53.9 Å². The van der Waals surface area contributed by atoms with Crippen LogP contribution < -0.4 is 20.5 Å². The third kappa shape index (κ3) is 11.3. The van der Waals surface area contributed by atoms with Crippen molar-refractivity contribution in [2.45, 2.75) is 78.6 Å². The monoisotopic (exact) mass is 535 g/mol. The molecule has 1 heterocycles. The van der Waals surface area contributed by atoms with Gasteiger partial charge in [0.25, 0.3) is 0 Å². The van der Waals surface area contributed by atoms with Crippen molar-refractivity contribution in [3.8, 4) is 11.5 Å². The summed E-state index contributed by atoms with van der Waals surface area (Å²) in [6.07, 6.45) is 6.59. The highest BCUT2D eigenvalue weighted by Crippen LogP contribution is 2.32. The van der Waals surface area contributed by atoms with E-state index in [9.17, 15) is 9.90 Å². The number of methoxy groups -OCH3 is 1. The zero-order chi connectivity index (χ0) is 26.5. The van der Waals surface area contributed by atoms with Crippen molar-refractivity contribution >= 4 is 18.3 Å². The van der Waals surface area contributed by atoms with Gasteiger partial charge in [-0.3, -0.25) is 9.78 Å². The number of unbranched alkanes of at least 4 members (excludes halogenated alkanes) is 1. The molecule has 0 spiro atoms. The van der Waals surface area contributed by atoms with Crippen LogP contribution in [0.5, 0.6) is 11.5 Å². The second kappa shape index (κ2) is 17.2. The standard InChI is InChI=1S/C29H45N3O4.ClH/c1-6-7-12-32-29(34)21(4)15-26(33)25(30)18-24(20(2)3)16-23-8-9-27(35-5)28(17-23)36-19-22-10-13-31-14-11-22;/h8-11,13-14,17,20-21,24-26,33H,6-7,12,15-16,18-19,30H2,1-5H3,(H,32,34);1H/t21-,24+,25+,26+;/m1./s1. The van der Waals surface area contributed by atoms with Crippen molar-refractivity contribution < 1.29 is 19.4 Å².